The lowest BCUT2D eigenvalue weighted by atomic mass is 10.1. The fourth-order valence-electron chi connectivity index (χ4n) is 2.06. The minimum absolute atomic E-state index is 0.0227. The Labute approximate surface area is 150 Å². The van der Waals surface area contributed by atoms with Crippen LogP contribution in [-0.2, 0) is 4.79 Å². The van der Waals surface area contributed by atoms with Gasteiger partial charge >= 0.3 is 0 Å². The van der Waals surface area contributed by atoms with Crippen LogP contribution in [0.5, 0.6) is 0 Å². The van der Waals surface area contributed by atoms with E-state index < -0.39 is 16.7 Å². The Kier molecular flexibility index (Phi) is 6.39. The molecule has 0 aliphatic carbocycles. The molecule has 0 heterocycles. The molecule has 0 bridgehead atoms. The first-order valence-electron chi connectivity index (χ1n) is 7.73. The Hall–Kier alpha value is -3.74. The van der Waals surface area contributed by atoms with Gasteiger partial charge in [-0.25, -0.2) is 0 Å². The van der Waals surface area contributed by atoms with Crippen LogP contribution < -0.4 is 10.6 Å². The van der Waals surface area contributed by atoms with Gasteiger partial charge in [-0.15, -0.1) is 6.58 Å². The van der Waals surface area contributed by atoms with Gasteiger partial charge in [-0.3, -0.25) is 19.7 Å². The molecule has 0 aliphatic rings. The smallest absolute Gasteiger partial charge is 0.269 e. The summed E-state index contributed by atoms with van der Waals surface area (Å²) in [7, 11) is 0. The van der Waals surface area contributed by atoms with Crippen LogP contribution in [-0.4, -0.2) is 23.3 Å². The van der Waals surface area contributed by atoms with Crippen LogP contribution in [0.3, 0.4) is 0 Å². The van der Waals surface area contributed by atoms with Gasteiger partial charge in [0.2, 0.25) is 0 Å². The number of nitro groups is 1. The third-order valence-electron chi connectivity index (χ3n) is 3.35. The first kappa shape index (κ1) is 18.6. The summed E-state index contributed by atoms with van der Waals surface area (Å²) < 4.78 is 0. The maximum atomic E-state index is 12.3. The van der Waals surface area contributed by atoms with Gasteiger partial charge in [0.15, 0.2) is 0 Å². The zero-order valence-electron chi connectivity index (χ0n) is 13.8. The van der Waals surface area contributed by atoms with Gasteiger partial charge < -0.3 is 10.6 Å². The molecule has 0 fully saturated rings. The maximum Gasteiger partial charge on any atom is 0.269 e. The molecule has 0 atom stereocenters. The van der Waals surface area contributed by atoms with E-state index in [-0.39, 0.29) is 17.9 Å². The number of non-ortho nitro benzene ring substituents is 1. The lowest BCUT2D eigenvalue weighted by Crippen LogP contribution is -2.34. The van der Waals surface area contributed by atoms with Crippen LogP contribution >= 0.6 is 0 Å². The molecule has 0 aromatic heterocycles. The number of rotatable bonds is 7. The number of benzene rings is 2. The van der Waals surface area contributed by atoms with Crippen molar-refractivity contribution < 1.29 is 14.5 Å². The van der Waals surface area contributed by atoms with Gasteiger partial charge in [0.1, 0.15) is 5.70 Å². The van der Waals surface area contributed by atoms with Crippen molar-refractivity contribution in [1.82, 2.24) is 10.6 Å². The van der Waals surface area contributed by atoms with Crippen LogP contribution in [0.1, 0.15) is 15.9 Å². The van der Waals surface area contributed by atoms with Gasteiger partial charge in [0.05, 0.1) is 4.92 Å². The first-order chi connectivity index (χ1) is 12.5. The highest BCUT2D eigenvalue weighted by Gasteiger charge is 2.14. The summed E-state index contributed by atoms with van der Waals surface area (Å²) in [5.41, 5.74) is 0.897. The van der Waals surface area contributed by atoms with E-state index in [1.165, 1.54) is 36.4 Å². The molecule has 0 saturated heterocycles. The van der Waals surface area contributed by atoms with Crippen molar-refractivity contribution in [1.29, 1.82) is 0 Å². The monoisotopic (exact) mass is 351 g/mol. The van der Waals surface area contributed by atoms with E-state index in [4.69, 9.17) is 0 Å². The normalized spacial score (nSPS) is 10.7. The highest BCUT2D eigenvalue weighted by molar-refractivity contribution is 6.05. The maximum absolute atomic E-state index is 12.3. The second-order valence-electron chi connectivity index (χ2n) is 5.23. The predicted molar refractivity (Wildman–Crippen MR) is 98.2 cm³/mol. The minimum atomic E-state index is -0.512. The Balaban J connectivity index is 2.27. The van der Waals surface area contributed by atoms with Crippen LogP contribution in [0.4, 0.5) is 5.69 Å². The Morgan fingerprint density at radius 1 is 1.08 bits per heavy atom. The molecule has 26 heavy (non-hydrogen) atoms. The van der Waals surface area contributed by atoms with Crippen molar-refractivity contribution in [3.05, 3.63) is 94.2 Å². The molecule has 2 amide bonds. The van der Waals surface area contributed by atoms with Crippen molar-refractivity contribution in [2.24, 2.45) is 0 Å². The molecule has 2 aromatic carbocycles. The molecule has 0 aliphatic heterocycles. The van der Waals surface area contributed by atoms with E-state index in [1.54, 1.807) is 30.3 Å². The molecule has 132 valence electrons. The topological polar surface area (TPSA) is 101 Å². The average molecular weight is 351 g/mol. The fourth-order valence-corrected chi connectivity index (χ4v) is 2.06. The third kappa shape index (κ3) is 5.13. The molecule has 2 N–H and O–H groups in total. The third-order valence-corrected chi connectivity index (χ3v) is 3.35. The Morgan fingerprint density at radius 2 is 1.73 bits per heavy atom. The highest BCUT2D eigenvalue weighted by atomic mass is 16.6. The van der Waals surface area contributed by atoms with Crippen molar-refractivity contribution >= 4 is 23.6 Å². The summed E-state index contributed by atoms with van der Waals surface area (Å²) in [6.07, 6.45) is 2.96. The SMILES string of the molecule is C=CCNC(=O)/C(=C/c1ccc([N+](=O)[O-])cc1)NC(=O)c1ccccc1. The molecular formula is C19H17N3O4. The molecular weight excluding hydrogens is 334 g/mol. The quantitative estimate of drug-likeness (QED) is 0.346. The summed E-state index contributed by atoms with van der Waals surface area (Å²) in [6, 6.07) is 14.1. The van der Waals surface area contributed by atoms with E-state index in [0.29, 0.717) is 11.1 Å². The number of amides is 2. The minimum Gasteiger partial charge on any atom is -0.347 e. The van der Waals surface area contributed by atoms with Gasteiger partial charge in [-0.1, -0.05) is 24.3 Å². The number of carbonyl (C=O) groups is 2. The molecule has 0 spiro atoms. The van der Waals surface area contributed by atoms with Crippen molar-refractivity contribution in [2.75, 3.05) is 6.54 Å². The average Bonchev–Trinajstić information content (AvgIpc) is 2.66. The van der Waals surface area contributed by atoms with Gasteiger partial charge in [-0.05, 0) is 35.9 Å². The van der Waals surface area contributed by atoms with E-state index >= 15 is 0 Å². The Bertz CT molecular complexity index is 843. The molecule has 0 unspecified atom stereocenters. The summed E-state index contributed by atoms with van der Waals surface area (Å²) in [4.78, 5) is 34.8. The Morgan fingerprint density at radius 3 is 2.31 bits per heavy atom. The van der Waals surface area contributed by atoms with Crippen LogP contribution in [0, 0.1) is 10.1 Å². The van der Waals surface area contributed by atoms with Crippen LogP contribution in [0.15, 0.2) is 72.9 Å². The number of hydrogen-bond donors (Lipinski definition) is 2. The molecule has 2 rings (SSSR count). The second-order valence-corrected chi connectivity index (χ2v) is 5.23. The number of nitrogens with one attached hydrogen (secondary N) is 2. The summed E-state index contributed by atoms with van der Waals surface area (Å²) >= 11 is 0. The predicted octanol–water partition coefficient (Wildman–Crippen LogP) is 2.67. The molecule has 7 heteroatoms. The van der Waals surface area contributed by atoms with Crippen molar-refractivity contribution in [3.63, 3.8) is 0 Å². The van der Waals surface area contributed by atoms with Crippen LogP contribution in [0.2, 0.25) is 0 Å². The van der Waals surface area contributed by atoms with Gasteiger partial charge in [-0.2, -0.15) is 0 Å². The van der Waals surface area contributed by atoms with Gasteiger partial charge in [0.25, 0.3) is 17.5 Å². The molecule has 2 aromatic rings. The largest absolute Gasteiger partial charge is 0.347 e. The van der Waals surface area contributed by atoms with Gasteiger partial charge in [0, 0.05) is 24.2 Å². The number of nitro benzene ring substituents is 1. The molecule has 0 radical (unpaired) electrons. The lowest BCUT2D eigenvalue weighted by molar-refractivity contribution is -0.384. The van der Waals surface area contributed by atoms with Crippen molar-refractivity contribution in [3.8, 4) is 0 Å². The summed E-state index contributed by atoms with van der Waals surface area (Å²) in [5, 5.41) is 15.9. The van der Waals surface area contributed by atoms with Crippen LogP contribution in [0.25, 0.3) is 6.08 Å². The van der Waals surface area contributed by atoms with Crippen molar-refractivity contribution in [2.45, 2.75) is 0 Å². The number of hydrogen-bond acceptors (Lipinski definition) is 4. The van der Waals surface area contributed by atoms with E-state index in [2.05, 4.69) is 17.2 Å². The standard InChI is InChI=1S/C19H17N3O4/c1-2-12-20-19(24)17(21-18(23)15-6-4-3-5-7-15)13-14-8-10-16(11-9-14)22(25)26/h2-11,13H,1,12H2,(H,20,24)(H,21,23)/b17-13-. The van der Waals surface area contributed by atoms with E-state index in [9.17, 15) is 19.7 Å². The first-order valence-corrected chi connectivity index (χ1v) is 7.73. The number of nitrogens with zero attached hydrogens (tertiary/aromatic N) is 1. The highest BCUT2D eigenvalue weighted by Crippen LogP contribution is 2.14. The zero-order valence-corrected chi connectivity index (χ0v) is 13.8. The molecule has 7 nitrogen and oxygen atoms in total. The zero-order chi connectivity index (χ0) is 18.9. The summed E-state index contributed by atoms with van der Waals surface area (Å²) in [6.45, 7) is 3.76. The molecule has 0 saturated carbocycles. The summed E-state index contributed by atoms with van der Waals surface area (Å²) in [5.74, 6) is -0.931. The van der Waals surface area contributed by atoms with E-state index in [1.807, 2.05) is 0 Å². The second kappa shape index (κ2) is 8.93. The van der Waals surface area contributed by atoms with E-state index in [0.717, 1.165) is 0 Å². The number of carbonyl (C=O) groups excluding carboxylic acids is 2. The lowest BCUT2D eigenvalue weighted by Gasteiger charge is -2.10. The fraction of sp³-hybridized carbons (Fsp3) is 0.0526.